The third-order valence-electron chi connectivity index (χ3n) is 4.10. The van der Waals surface area contributed by atoms with Gasteiger partial charge in [0.05, 0.1) is 6.61 Å². The van der Waals surface area contributed by atoms with Crippen LogP contribution in [0.15, 0.2) is 29.1 Å². The van der Waals surface area contributed by atoms with Crippen LogP contribution in [0.3, 0.4) is 0 Å². The molecule has 0 unspecified atom stereocenters. The fourth-order valence-corrected chi connectivity index (χ4v) is 2.46. The van der Waals surface area contributed by atoms with Crippen molar-refractivity contribution in [1.82, 2.24) is 20.5 Å². The predicted octanol–water partition coefficient (Wildman–Crippen LogP) is 2.10. The molecule has 0 saturated heterocycles. The Morgan fingerprint density at radius 1 is 1.14 bits per heavy atom. The summed E-state index contributed by atoms with van der Waals surface area (Å²) in [6, 6.07) is 7.34. The first-order valence-electron chi connectivity index (χ1n) is 9.58. The van der Waals surface area contributed by atoms with Gasteiger partial charge in [-0.25, -0.2) is 0 Å². The van der Waals surface area contributed by atoms with Crippen molar-refractivity contribution < 1.29 is 14.3 Å². The molecule has 2 aromatic rings. The minimum absolute atomic E-state index is 0.125. The van der Waals surface area contributed by atoms with E-state index in [4.69, 9.17) is 9.47 Å². The summed E-state index contributed by atoms with van der Waals surface area (Å²) in [5.74, 6) is 1.04. The Balaban J connectivity index is 1.89. The molecule has 152 valence electrons. The van der Waals surface area contributed by atoms with Crippen LogP contribution < -0.4 is 15.6 Å². The molecule has 0 saturated carbocycles. The number of aryl methyl sites for hydroxylation is 1. The van der Waals surface area contributed by atoms with Crippen molar-refractivity contribution in [2.75, 3.05) is 26.9 Å². The van der Waals surface area contributed by atoms with Crippen LogP contribution in [0.1, 0.15) is 38.3 Å². The number of aromatic amines is 1. The first-order valence-corrected chi connectivity index (χ1v) is 9.58. The van der Waals surface area contributed by atoms with Crippen molar-refractivity contribution in [3.8, 4) is 17.1 Å². The van der Waals surface area contributed by atoms with Crippen LogP contribution in [-0.4, -0.2) is 48.0 Å². The van der Waals surface area contributed by atoms with Crippen LogP contribution >= 0.6 is 0 Å². The van der Waals surface area contributed by atoms with Crippen molar-refractivity contribution in [3.05, 3.63) is 40.3 Å². The largest absolute Gasteiger partial charge is 0.494 e. The number of hydrogen-bond donors (Lipinski definition) is 2. The Morgan fingerprint density at radius 3 is 2.61 bits per heavy atom. The van der Waals surface area contributed by atoms with Gasteiger partial charge in [-0.2, -0.15) is 0 Å². The van der Waals surface area contributed by atoms with Gasteiger partial charge in [0.1, 0.15) is 11.4 Å². The fraction of sp³-hybridized carbons (Fsp3) is 0.500. The van der Waals surface area contributed by atoms with Crippen LogP contribution in [-0.2, 0) is 16.0 Å². The molecule has 0 aliphatic rings. The number of rotatable bonds is 12. The van der Waals surface area contributed by atoms with E-state index in [1.54, 1.807) is 7.11 Å². The van der Waals surface area contributed by atoms with Crippen LogP contribution in [0, 0.1) is 0 Å². The van der Waals surface area contributed by atoms with Gasteiger partial charge in [0.25, 0.3) is 5.56 Å². The Bertz CT molecular complexity index is 790. The maximum Gasteiger partial charge on any atom is 0.273 e. The molecule has 0 aliphatic carbocycles. The topological polar surface area (TPSA) is 106 Å². The average molecular weight is 388 g/mol. The molecular formula is C20H28N4O4. The molecule has 1 amide bonds. The molecule has 0 atom stereocenters. The zero-order valence-corrected chi connectivity index (χ0v) is 16.5. The minimum atomic E-state index is -0.333. The molecule has 0 spiro atoms. The van der Waals surface area contributed by atoms with Gasteiger partial charge in [-0.15, -0.1) is 10.2 Å². The van der Waals surface area contributed by atoms with Crippen LogP contribution in [0.25, 0.3) is 11.4 Å². The van der Waals surface area contributed by atoms with Crippen molar-refractivity contribution in [3.63, 3.8) is 0 Å². The lowest BCUT2D eigenvalue weighted by Gasteiger charge is -2.07. The van der Waals surface area contributed by atoms with E-state index in [0.717, 1.165) is 30.6 Å². The maximum atomic E-state index is 12.2. The molecular weight excluding hydrogens is 360 g/mol. The highest BCUT2D eigenvalue weighted by atomic mass is 16.5. The van der Waals surface area contributed by atoms with Gasteiger partial charge in [0.15, 0.2) is 5.82 Å². The van der Waals surface area contributed by atoms with Gasteiger partial charge in [-0.05, 0) is 37.1 Å². The smallest absolute Gasteiger partial charge is 0.273 e. The number of carbonyl (C=O) groups is 1. The monoisotopic (exact) mass is 388 g/mol. The number of ether oxygens (including phenoxy) is 2. The van der Waals surface area contributed by atoms with Gasteiger partial charge >= 0.3 is 0 Å². The number of nitrogens with one attached hydrogen (secondary N) is 2. The zero-order valence-electron chi connectivity index (χ0n) is 16.5. The van der Waals surface area contributed by atoms with E-state index in [-0.39, 0.29) is 30.0 Å². The van der Waals surface area contributed by atoms with Crippen LogP contribution in [0.4, 0.5) is 0 Å². The van der Waals surface area contributed by atoms with E-state index in [0.29, 0.717) is 25.6 Å². The lowest BCUT2D eigenvalue weighted by atomic mass is 10.2. The highest BCUT2D eigenvalue weighted by Crippen LogP contribution is 2.18. The second-order valence-corrected chi connectivity index (χ2v) is 6.37. The van der Waals surface area contributed by atoms with Gasteiger partial charge in [0, 0.05) is 38.7 Å². The second kappa shape index (κ2) is 11.9. The number of unbranched alkanes of at least 4 members (excludes halogenated alkanes) is 1. The number of amides is 1. The Labute approximate surface area is 164 Å². The predicted molar refractivity (Wildman–Crippen MR) is 106 cm³/mol. The van der Waals surface area contributed by atoms with Crippen LogP contribution in [0.5, 0.6) is 5.75 Å². The van der Waals surface area contributed by atoms with Crippen LogP contribution in [0.2, 0.25) is 0 Å². The Hall–Kier alpha value is -2.74. The van der Waals surface area contributed by atoms with E-state index < -0.39 is 0 Å². The number of benzene rings is 1. The average Bonchev–Trinajstić information content (AvgIpc) is 2.71. The summed E-state index contributed by atoms with van der Waals surface area (Å²) in [7, 11) is 1.62. The van der Waals surface area contributed by atoms with Crippen molar-refractivity contribution >= 4 is 5.91 Å². The maximum absolute atomic E-state index is 12.2. The summed E-state index contributed by atoms with van der Waals surface area (Å²) in [6.07, 6.45) is 3.26. The number of hydrogen-bond acceptors (Lipinski definition) is 6. The van der Waals surface area contributed by atoms with E-state index in [2.05, 4.69) is 27.4 Å². The third-order valence-corrected chi connectivity index (χ3v) is 4.10. The summed E-state index contributed by atoms with van der Waals surface area (Å²) in [4.78, 5) is 26.7. The molecule has 0 bridgehead atoms. The molecule has 0 aliphatic heterocycles. The van der Waals surface area contributed by atoms with E-state index >= 15 is 0 Å². The van der Waals surface area contributed by atoms with Gasteiger partial charge in [-0.3, -0.25) is 9.59 Å². The summed E-state index contributed by atoms with van der Waals surface area (Å²) >= 11 is 0. The normalized spacial score (nSPS) is 10.6. The minimum Gasteiger partial charge on any atom is -0.494 e. The zero-order chi connectivity index (χ0) is 20.2. The molecule has 1 heterocycles. The fourth-order valence-electron chi connectivity index (χ4n) is 2.46. The van der Waals surface area contributed by atoms with E-state index in [1.807, 2.05) is 24.3 Å². The quantitative estimate of drug-likeness (QED) is 0.539. The molecule has 2 rings (SSSR count). The molecule has 0 fully saturated rings. The first-order chi connectivity index (χ1) is 13.6. The molecule has 28 heavy (non-hydrogen) atoms. The summed E-state index contributed by atoms with van der Waals surface area (Å²) < 4.78 is 10.5. The van der Waals surface area contributed by atoms with Crippen molar-refractivity contribution in [2.24, 2.45) is 0 Å². The number of nitrogens with zero attached hydrogens (tertiary/aromatic N) is 2. The van der Waals surface area contributed by atoms with Crippen molar-refractivity contribution in [1.29, 1.82) is 0 Å². The van der Waals surface area contributed by atoms with Gasteiger partial charge < -0.3 is 19.8 Å². The number of aromatic nitrogens is 3. The number of carbonyl (C=O) groups excluding carboxylic acids is 1. The highest BCUT2D eigenvalue weighted by molar-refractivity contribution is 5.76. The summed E-state index contributed by atoms with van der Waals surface area (Å²) in [5.41, 5.74) is 0.658. The lowest BCUT2D eigenvalue weighted by Crippen LogP contribution is -2.27. The molecule has 1 aromatic heterocycles. The molecule has 1 aromatic carbocycles. The first kappa shape index (κ1) is 21.6. The van der Waals surface area contributed by atoms with Crippen molar-refractivity contribution in [2.45, 2.75) is 39.0 Å². The van der Waals surface area contributed by atoms with E-state index in [1.165, 1.54) is 0 Å². The second-order valence-electron chi connectivity index (χ2n) is 6.37. The molecule has 8 nitrogen and oxygen atoms in total. The SMILES string of the molecule is CCCCOc1ccc(-c2nnc(CCC(=O)NCCCOC)c(=O)[nH]2)cc1. The molecule has 8 heteroatoms. The third kappa shape index (κ3) is 7.11. The Morgan fingerprint density at radius 2 is 1.93 bits per heavy atom. The van der Waals surface area contributed by atoms with E-state index in [9.17, 15) is 9.59 Å². The summed E-state index contributed by atoms with van der Waals surface area (Å²) in [5, 5.41) is 10.9. The molecule has 0 radical (unpaired) electrons. The lowest BCUT2D eigenvalue weighted by molar-refractivity contribution is -0.121. The molecule has 2 N–H and O–H groups in total. The highest BCUT2D eigenvalue weighted by Gasteiger charge is 2.09. The number of H-pyrrole nitrogens is 1. The van der Waals surface area contributed by atoms with Gasteiger partial charge in [0.2, 0.25) is 5.91 Å². The van der Waals surface area contributed by atoms with Gasteiger partial charge in [-0.1, -0.05) is 13.3 Å². The Kier molecular flexibility index (Phi) is 9.14. The standard InChI is InChI=1S/C20H28N4O4/c1-3-4-14-28-16-8-6-15(7-9-16)19-22-20(26)17(23-24-19)10-11-18(25)21-12-5-13-27-2/h6-9H,3-5,10-14H2,1-2H3,(H,21,25)(H,22,24,26). The summed E-state index contributed by atoms with van der Waals surface area (Å²) in [6.45, 7) is 3.94. The number of methoxy groups -OCH3 is 1.